The van der Waals surface area contributed by atoms with Crippen LogP contribution in [0.15, 0.2) is 66.7 Å². The molecule has 118 valence electrons. The first-order valence-electron chi connectivity index (χ1n) is 7.58. The fourth-order valence-electron chi connectivity index (χ4n) is 2.76. The summed E-state index contributed by atoms with van der Waals surface area (Å²) in [5.41, 5.74) is 2.75. The third kappa shape index (κ3) is 2.95. The molecule has 0 aliphatic rings. The van der Waals surface area contributed by atoms with E-state index in [0.717, 1.165) is 22.1 Å². The van der Waals surface area contributed by atoms with E-state index in [1.807, 2.05) is 36.4 Å². The van der Waals surface area contributed by atoms with Gasteiger partial charge < -0.3 is 9.47 Å². The van der Waals surface area contributed by atoms with E-state index in [-0.39, 0.29) is 0 Å². The molecule has 0 aliphatic heterocycles. The van der Waals surface area contributed by atoms with Crippen molar-refractivity contribution in [1.29, 1.82) is 5.26 Å². The molecule has 0 aromatic heterocycles. The van der Waals surface area contributed by atoms with E-state index in [1.54, 1.807) is 20.3 Å². The molecule has 0 saturated carbocycles. The molecule has 0 spiro atoms. The highest BCUT2D eigenvalue weighted by atomic mass is 16.5. The zero-order chi connectivity index (χ0) is 16.9. The van der Waals surface area contributed by atoms with Crippen LogP contribution in [-0.4, -0.2) is 14.2 Å². The van der Waals surface area contributed by atoms with Crippen LogP contribution in [0.25, 0.3) is 16.3 Å². The van der Waals surface area contributed by atoms with Crippen molar-refractivity contribution in [2.24, 2.45) is 0 Å². The third-order valence-corrected chi connectivity index (χ3v) is 3.96. The second kappa shape index (κ2) is 6.89. The summed E-state index contributed by atoms with van der Waals surface area (Å²) in [6, 6.07) is 22.2. The Morgan fingerprint density at radius 1 is 0.833 bits per heavy atom. The van der Waals surface area contributed by atoms with Gasteiger partial charge in [-0.15, -0.1) is 0 Å². The van der Waals surface area contributed by atoms with E-state index < -0.39 is 0 Å². The zero-order valence-corrected chi connectivity index (χ0v) is 13.6. The number of allylic oxidation sites excluding steroid dienone is 1. The number of benzene rings is 3. The van der Waals surface area contributed by atoms with E-state index in [2.05, 4.69) is 30.3 Å². The van der Waals surface area contributed by atoms with Crippen LogP contribution in [0.4, 0.5) is 0 Å². The van der Waals surface area contributed by atoms with Gasteiger partial charge in [0, 0.05) is 6.08 Å². The first-order valence-corrected chi connectivity index (χ1v) is 7.58. The Hall–Kier alpha value is -3.25. The molecule has 0 amide bonds. The Morgan fingerprint density at radius 2 is 1.50 bits per heavy atom. The maximum atomic E-state index is 9.22. The maximum absolute atomic E-state index is 9.22. The van der Waals surface area contributed by atoms with Crippen LogP contribution in [0.5, 0.6) is 11.5 Å². The predicted molar refractivity (Wildman–Crippen MR) is 96.2 cm³/mol. The lowest BCUT2D eigenvalue weighted by Gasteiger charge is -2.12. The van der Waals surface area contributed by atoms with E-state index in [4.69, 9.17) is 9.47 Å². The summed E-state index contributed by atoms with van der Waals surface area (Å²) < 4.78 is 10.7. The van der Waals surface area contributed by atoms with Crippen LogP contribution in [-0.2, 0) is 0 Å². The molecule has 0 bridgehead atoms. The van der Waals surface area contributed by atoms with Crippen LogP contribution in [0.1, 0.15) is 11.1 Å². The first kappa shape index (κ1) is 15.6. The molecule has 0 aliphatic carbocycles. The lowest BCUT2D eigenvalue weighted by molar-refractivity contribution is 0.355. The van der Waals surface area contributed by atoms with Gasteiger partial charge in [0.05, 0.1) is 20.3 Å². The minimum absolute atomic E-state index is 0.639. The molecule has 3 aromatic rings. The molecular weight excluding hydrogens is 298 g/mol. The fourth-order valence-corrected chi connectivity index (χ4v) is 2.76. The number of rotatable bonds is 4. The summed E-state index contributed by atoms with van der Waals surface area (Å²) in [6.07, 6.45) is 1.56. The zero-order valence-electron chi connectivity index (χ0n) is 13.6. The summed E-state index contributed by atoms with van der Waals surface area (Å²) >= 11 is 0. The molecule has 3 nitrogen and oxygen atoms in total. The van der Waals surface area contributed by atoms with Gasteiger partial charge in [0.25, 0.3) is 0 Å². The predicted octanol–water partition coefficient (Wildman–Crippen LogP) is 4.81. The second-order valence-electron chi connectivity index (χ2n) is 5.32. The molecule has 0 unspecified atom stereocenters. The number of hydrogen-bond donors (Lipinski definition) is 0. The molecule has 0 saturated heterocycles. The summed E-state index contributed by atoms with van der Waals surface area (Å²) in [7, 11) is 3.21. The number of nitrogens with zero attached hydrogens (tertiary/aromatic N) is 1. The van der Waals surface area contributed by atoms with Gasteiger partial charge in [-0.25, -0.2) is 0 Å². The van der Waals surface area contributed by atoms with Crippen LogP contribution >= 0.6 is 0 Å². The molecular formula is C21H17NO2. The second-order valence-corrected chi connectivity index (χ2v) is 5.32. The molecule has 3 aromatic carbocycles. The van der Waals surface area contributed by atoms with Crippen molar-refractivity contribution in [1.82, 2.24) is 0 Å². The van der Waals surface area contributed by atoms with Crippen molar-refractivity contribution >= 4 is 16.3 Å². The van der Waals surface area contributed by atoms with Gasteiger partial charge in [-0.1, -0.05) is 42.5 Å². The Labute approximate surface area is 141 Å². The quantitative estimate of drug-likeness (QED) is 0.649. The average molecular weight is 315 g/mol. The molecule has 0 fully saturated rings. The van der Waals surface area contributed by atoms with Gasteiger partial charge in [-0.2, -0.15) is 5.26 Å². The summed E-state index contributed by atoms with van der Waals surface area (Å²) in [5.74, 6) is 1.30. The van der Waals surface area contributed by atoms with Crippen molar-refractivity contribution in [3.05, 3.63) is 77.9 Å². The number of fused-ring (bicyclic) bond motifs is 1. The van der Waals surface area contributed by atoms with Gasteiger partial charge in [0.15, 0.2) is 11.5 Å². The SMILES string of the molecule is COc1ccc(/C(=C\C#N)c2ccc3ccccc3c2)cc1OC. The van der Waals surface area contributed by atoms with Crippen molar-refractivity contribution in [3.8, 4) is 17.6 Å². The molecule has 0 radical (unpaired) electrons. The smallest absolute Gasteiger partial charge is 0.161 e. The lowest BCUT2D eigenvalue weighted by Crippen LogP contribution is -1.94. The number of hydrogen-bond acceptors (Lipinski definition) is 3. The highest BCUT2D eigenvalue weighted by Gasteiger charge is 2.10. The molecule has 3 rings (SSSR count). The van der Waals surface area contributed by atoms with E-state index in [0.29, 0.717) is 11.5 Å². The van der Waals surface area contributed by atoms with Gasteiger partial charge in [-0.05, 0) is 45.7 Å². The normalized spacial score (nSPS) is 11.1. The van der Waals surface area contributed by atoms with Crippen LogP contribution in [0, 0.1) is 11.3 Å². The monoisotopic (exact) mass is 315 g/mol. The Balaban J connectivity index is 2.13. The van der Waals surface area contributed by atoms with Crippen molar-refractivity contribution in [2.75, 3.05) is 14.2 Å². The molecule has 0 heterocycles. The minimum Gasteiger partial charge on any atom is -0.493 e. The highest BCUT2D eigenvalue weighted by molar-refractivity contribution is 5.90. The Bertz CT molecular complexity index is 951. The van der Waals surface area contributed by atoms with Crippen molar-refractivity contribution < 1.29 is 9.47 Å². The van der Waals surface area contributed by atoms with Gasteiger partial charge in [0.2, 0.25) is 0 Å². The highest BCUT2D eigenvalue weighted by Crippen LogP contribution is 2.33. The van der Waals surface area contributed by atoms with Gasteiger partial charge in [-0.3, -0.25) is 0 Å². The third-order valence-electron chi connectivity index (χ3n) is 3.96. The molecule has 0 N–H and O–H groups in total. The summed E-state index contributed by atoms with van der Waals surface area (Å²) in [6.45, 7) is 0. The van der Waals surface area contributed by atoms with Crippen LogP contribution in [0.3, 0.4) is 0 Å². The van der Waals surface area contributed by atoms with Gasteiger partial charge in [0.1, 0.15) is 0 Å². The topological polar surface area (TPSA) is 42.2 Å². The lowest BCUT2D eigenvalue weighted by atomic mass is 9.95. The standard InChI is InChI=1S/C21H17NO2/c1-23-20-10-9-18(14-21(20)24-2)19(11-12-22)17-8-7-15-5-3-4-6-16(15)13-17/h3-11,13-14H,1-2H3/b19-11-. The minimum atomic E-state index is 0.639. The number of nitriles is 1. The summed E-state index contributed by atoms with van der Waals surface area (Å²) in [4.78, 5) is 0. The van der Waals surface area contributed by atoms with Gasteiger partial charge >= 0.3 is 0 Å². The first-order chi connectivity index (χ1) is 11.8. The van der Waals surface area contributed by atoms with Crippen LogP contribution in [0.2, 0.25) is 0 Å². The van der Waals surface area contributed by atoms with E-state index >= 15 is 0 Å². The number of ether oxygens (including phenoxy) is 2. The largest absolute Gasteiger partial charge is 0.493 e. The van der Waals surface area contributed by atoms with E-state index in [1.165, 1.54) is 5.39 Å². The number of methoxy groups -OCH3 is 2. The summed E-state index contributed by atoms with van der Waals surface area (Å²) in [5, 5.41) is 11.5. The van der Waals surface area contributed by atoms with Crippen molar-refractivity contribution in [2.45, 2.75) is 0 Å². The van der Waals surface area contributed by atoms with E-state index in [9.17, 15) is 5.26 Å². The average Bonchev–Trinajstić information content (AvgIpc) is 2.65. The molecule has 0 atom stereocenters. The Kier molecular flexibility index (Phi) is 4.49. The van der Waals surface area contributed by atoms with Crippen LogP contribution < -0.4 is 9.47 Å². The molecule has 3 heteroatoms. The fraction of sp³-hybridized carbons (Fsp3) is 0.0952. The maximum Gasteiger partial charge on any atom is 0.161 e. The Morgan fingerprint density at radius 3 is 2.21 bits per heavy atom. The molecule has 24 heavy (non-hydrogen) atoms. The van der Waals surface area contributed by atoms with Crippen molar-refractivity contribution in [3.63, 3.8) is 0 Å².